The number of carbonyl (C=O) groups excluding carboxylic acids is 1. The fourth-order valence-corrected chi connectivity index (χ4v) is 3.58. The smallest absolute Gasteiger partial charge is 0.322 e. The van der Waals surface area contributed by atoms with Gasteiger partial charge < -0.3 is 10.4 Å². The summed E-state index contributed by atoms with van der Waals surface area (Å²) in [6.07, 6.45) is 5.93. The minimum absolute atomic E-state index is 0.00116. The second-order valence-electron chi connectivity index (χ2n) is 6.35. The summed E-state index contributed by atoms with van der Waals surface area (Å²) in [6.45, 7) is 3.69. The van der Waals surface area contributed by atoms with Crippen LogP contribution in [0.15, 0.2) is 0 Å². The van der Waals surface area contributed by atoms with E-state index in [4.69, 9.17) is 0 Å². The standard InChI is InChI=1S/C16H26N4O4/c1-3-19-15(14(20(23)24)11(2)18-19)16(22)17-13(9-10-21)12-7-5-4-6-8-12/h12-13,21H,3-10H2,1-2H3,(H,17,22). The van der Waals surface area contributed by atoms with Crippen molar-refractivity contribution in [2.24, 2.45) is 5.92 Å². The van der Waals surface area contributed by atoms with E-state index in [0.29, 0.717) is 18.9 Å². The van der Waals surface area contributed by atoms with Gasteiger partial charge in [0, 0.05) is 19.2 Å². The molecule has 2 rings (SSSR count). The van der Waals surface area contributed by atoms with Gasteiger partial charge in [-0.3, -0.25) is 19.6 Å². The van der Waals surface area contributed by atoms with E-state index < -0.39 is 10.8 Å². The highest BCUT2D eigenvalue weighted by atomic mass is 16.6. The molecule has 1 aliphatic rings. The Hall–Kier alpha value is -1.96. The summed E-state index contributed by atoms with van der Waals surface area (Å²) < 4.78 is 1.37. The molecule has 2 N–H and O–H groups in total. The van der Waals surface area contributed by atoms with E-state index in [1.54, 1.807) is 6.92 Å². The summed E-state index contributed by atoms with van der Waals surface area (Å²) in [7, 11) is 0. The van der Waals surface area contributed by atoms with Crippen LogP contribution in [-0.2, 0) is 6.54 Å². The molecule has 1 aromatic rings. The Kier molecular flexibility index (Phi) is 6.30. The fourth-order valence-electron chi connectivity index (χ4n) is 3.58. The first-order valence-corrected chi connectivity index (χ1v) is 8.63. The van der Waals surface area contributed by atoms with Crippen molar-refractivity contribution < 1.29 is 14.8 Å². The Morgan fingerprint density at radius 1 is 1.46 bits per heavy atom. The summed E-state index contributed by atoms with van der Waals surface area (Å²) in [5.74, 6) is -0.166. The van der Waals surface area contributed by atoms with Gasteiger partial charge in [0.15, 0.2) is 0 Å². The lowest BCUT2D eigenvalue weighted by molar-refractivity contribution is -0.385. The molecule has 1 unspecified atom stereocenters. The van der Waals surface area contributed by atoms with Crippen LogP contribution in [0.1, 0.15) is 61.6 Å². The van der Waals surface area contributed by atoms with Gasteiger partial charge in [0.25, 0.3) is 5.91 Å². The Labute approximate surface area is 141 Å². The van der Waals surface area contributed by atoms with Crippen molar-refractivity contribution in [1.29, 1.82) is 0 Å². The van der Waals surface area contributed by atoms with Crippen LogP contribution in [0.5, 0.6) is 0 Å². The number of nitrogens with one attached hydrogen (secondary N) is 1. The van der Waals surface area contributed by atoms with Crippen molar-refractivity contribution in [2.75, 3.05) is 6.61 Å². The number of hydrogen-bond acceptors (Lipinski definition) is 5. The maximum absolute atomic E-state index is 12.7. The molecule has 1 aromatic heterocycles. The second-order valence-corrected chi connectivity index (χ2v) is 6.35. The summed E-state index contributed by atoms with van der Waals surface area (Å²) in [6, 6.07) is -0.164. The highest BCUT2D eigenvalue weighted by Crippen LogP contribution is 2.29. The minimum atomic E-state index is -0.551. The summed E-state index contributed by atoms with van der Waals surface area (Å²) >= 11 is 0. The molecule has 1 amide bonds. The van der Waals surface area contributed by atoms with Crippen LogP contribution in [0.2, 0.25) is 0 Å². The Morgan fingerprint density at radius 3 is 2.67 bits per heavy atom. The highest BCUT2D eigenvalue weighted by molar-refractivity contribution is 5.97. The summed E-state index contributed by atoms with van der Waals surface area (Å²) in [4.78, 5) is 23.5. The zero-order valence-corrected chi connectivity index (χ0v) is 14.3. The van der Waals surface area contributed by atoms with Crippen molar-refractivity contribution in [3.63, 3.8) is 0 Å². The van der Waals surface area contributed by atoms with Crippen molar-refractivity contribution in [3.8, 4) is 0 Å². The van der Waals surface area contributed by atoms with E-state index in [9.17, 15) is 20.0 Å². The van der Waals surface area contributed by atoms with E-state index in [-0.39, 0.29) is 29.7 Å². The van der Waals surface area contributed by atoms with E-state index >= 15 is 0 Å². The average molecular weight is 338 g/mol. The molecule has 1 aliphatic carbocycles. The number of amides is 1. The monoisotopic (exact) mass is 338 g/mol. The molecule has 0 aliphatic heterocycles. The van der Waals surface area contributed by atoms with Gasteiger partial charge >= 0.3 is 5.69 Å². The maximum Gasteiger partial charge on any atom is 0.322 e. The maximum atomic E-state index is 12.7. The summed E-state index contributed by atoms with van der Waals surface area (Å²) in [5, 5.41) is 27.7. The van der Waals surface area contributed by atoms with Crippen LogP contribution in [0, 0.1) is 23.0 Å². The first-order valence-electron chi connectivity index (χ1n) is 8.63. The van der Waals surface area contributed by atoms with E-state index in [0.717, 1.165) is 25.7 Å². The first kappa shape index (κ1) is 18.4. The molecule has 0 radical (unpaired) electrons. The van der Waals surface area contributed by atoms with Gasteiger partial charge in [0.05, 0.1) is 4.92 Å². The Morgan fingerprint density at radius 2 is 2.12 bits per heavy atom. The zero-order valence-electron chi connectivity index (χ0n) is 14.3. The molecule has 1 atom stereocenters. The molecule has 1 heterocycles. The van der Waals surface area contributed by atoms with Crippen molar-refractivity contribution in [3.05, 3.63) is 21.5 Å². The molecule has 134 valence electrons. The molecule has 8 heteroatoms. The SMILES string of the molecule is CCn1nc(C)c([N+](=O)[O-])c1C(=O)NC(CCO)C1CCCCC1. The molecule has 1 fully saturated rings. The van der Waals surface area contributed by atoms with E-state index in [1.807, 2.05) is 0 Å². The molecule has 1 saturated carbocycles. The molecule has 0 spiro atoms. The number of aryl methyl sites for hydroxylation is 2. The second kappa shape index (κ2) is 8.23. The largest absolute Gasteiger partial charge is 0.396 e. The molecule has 0 aromatic carbocycles. The third-order valence-electron chi connectivity index (χ3n) is 4.77. The highest BCUT2D eigenvalue weighted by Gasteiger charge is 2.32. The topological polar surface area (TPSA) is 110 Å². The van der Waals surface area contributed by atoms with Gasteiger partial charge in [0.2, 0.25) is 5.69 Å². The predicted octanol–water partition coefficient (Wildman–Crippen LogP) is 2.18. The number of aliphatic hydroxyl groups is 1. The minimum Gasteiger partial charge on any atom is -0.396 e. The summed E-state index contributed by atoms with van der Waals surface area (Å²) in [5.41, 5.74) is 0.00265. The number of aliphatic hydroxyl groups excluding tert-OH is 1. The van der Waals surface area contributed by atoms with Crippen LogP contribution in [-0.4, -0.2) is 38.4 Å². The van der Waals surface area contributed by atoms with Gasteiger partial charge in [-0.05, 0) is 39.0 Å². The van der Waals surface area contributed by atoms with Crippen LogP contribution < -0.4 is 5.32 Å². The van der Waals surface area contributed by atoms with Crippen molar-refractivity contribution >= 4 is 11.6 Å². The molecule has 24 heavy (non-hydrogen) atoms. The van der Waals surface area contributed by atoms with Crippen molar-refractivity contribution in [1.82, 2.24) is 15.1 Å². The average Bonchev–Trinajstić information content (AvgIpc) is 2.92. The molecule has 0 bridgehead atoms. The van der Waals surface area contributed by atoms with Crippen LogP contribution in [0.25, 0.3) is 0 Å². The quantitative estimate of drug-likeness (QED) is 0.585. The van der Waals surface area contributed by atoms with Gasteiger partial charge in [0.1, 0.15) is 5.69 Å². The number of carbonyl (C=O) groups is 1. The first-order chi connectivity index (χ1) is 11.5. The van der Waals surface area contributed by atoms with Crippen LogP contribution in [0.4, 0.5) is 5.69 Å². The normalized spacial score (nSPS) is 16.8. The number of aromatic nitrogens is 2. The number of rotatable bonds is 7. The van der Waals surface area contributed by atoms with Gasteiger partial charge in [-0.25, -0.2) is 0 Å². The number of nitrogens with zero attached hydrogens (tertiary/aromatic N) is 3. The van der Waals surface area contributed by atoms with E-state index in [1.165, 1.54) is 18.0 Å². The van der Waals surface area contributed by atoms with Crippen LogP contribution >= 0.6 is 0 Å². The lowest BCUT2D eigenvalue weighted by Gasteiger charge is -2.30. The van der Waals surface area contributed by atoms with Crippen LogP contribution in [0.3, 0.4) is 0 Å². The van der Waals surface area contributed by atoms with Crippen molar-refractivity contribution in [2.45, 2.75) is 65.0 Å². The predicted molar refractivity (Wildman–Crippen MR) is 88.8 cm³/mol. The lowest BCUT2D eigenvalue weighted by Crippen LogP contribution is -2.42. The van der Waals surface area contributed by atoms with Gasteiger partial charge in [-0.2, -0.15) is 5.10 Å². The fraction of sp³-hybridized carbons (Fsp3) is 0.750. The van der Waals surface area contributed by atoms with Gasteiger partial charge in [-0.15, -0.1) is 0 Å². The Bertz CT molecular complexity index is 593. The molecular formula is C16H26N4O4. The molecule has 0 saturated heterocycles. The number of hydrogen-bond donors (Lipinski definition) is 2. The number of nitro groups is 1. The molecular weight excluding hydrogens is 312 g/mol. The molecule has 8 nitrogen and oxygen atoms in total. The zero-order chi connectivity index (χ0) is 17.7. The Balaban J connectivity index is 2.24. The van der Waals surface area contributed by atoms with E-state index in [2.05, 4.69) is 10.4 Å². The van der Waals surface area contributed by atoms with Gasteiger partial charge in [-0.1, -0.05) is 19.3 Å². The third-order valence-corrected chi connectivity index (χ3v) is 4.77. The lowest BCUT2D eigenvalue weighted by atomic mass is 9.82. The third kappa shape index (κ3) is 3.92.